The van der Waals surface area contributed by atoms with Crippen molar-refractivity contribution in [3.8, 4) is 0 Å². The zero-order valence-electron chi connectivity index (χ0n) is 11.1. The summed E-state index contributed by atoms with van der Waals surface area (Å²) in [5, 5.41) is 0. The lowest BCUT2D eigenvalue weighted by molar-refractivity contribution is -0.0824. The van der Waals surface area contributed by atoms with Crippen molar-refractivity contribution in [2.75, 3.05) is 13.2 Å². The van der Waals surface area contributed by atoms with Gasteiger partial charge >= 0.3 is 28.9 Å². The molecule has 0 aromatic carbocycles. The van der Waals surface area contributed by atoms with Crippen LogP contribution in [0, 0.1) is 0 Å². The third-order valence-electron chi connectivity index (χ3n) is 2.15. The van der Waals surface area contributed by atoms with Gasteiger partial charge in [-0.15, -0.1) is 0 Å². The van der Waals surface area contributed by atoms with E-state index in [4.69, 9.17) is 25.9 Å². The highest BCUT2D eigenvalue weighted by Crippen LogP contribution is 1.95. The Hall–Kier alpha value is 0.394. The Labute approximate surface area is 119 Å². The molecule has 11 heteroatoms. The topological polar surface area (TPSA) is 55.4 Å². The molecule has 1 rings (SSSR count). The molecule has 18 heavy (non-hydrogen) atoms. The molecule has 0 spiro atoms. The van der Waals surface area contributed by atoms with Gasteiger partial charge in [0.25, 0.3) is 10.0 Å². The molecular weight excluding hydrogens is 321 g/mol. The van der Waals surface area contributed by atoms with E-state index in [0.717, 1.165) is 6.04 Å². The molecule has 0 radical (unpaired) electrons. The molecule has 1 aliphatic rings. The van der Waals surface area contributed by atoms with Gasteiger partial charge in [-0.1, -0.05) is 0 Å². The summed E-state index contributed by atoms with van der Waals surface area (Å²) in [7, 11) is -4.17. The Morgan fingerprint density at radius 1 is 1.11 bits per heavy atom. The van der Waals surface area contributed by atoms with E-state index in [9.17, 15) is 0 Å². The minimum absolute atomic E-state index is 0.0156. The van der Waals surface area contributed by atoms with Crippen molar-refractivity contribution >= 4 is 54.1 Å². The Morgan fingerprint density at radius 2 is 1.72 bits per heavy atom. The minimum atomic E-state index is -1.24. The number of hydrogen-bond acceptors (Lipinski definition) is 6. The fraction of sp³-hybridized carbons (Fsp3) is 0.857. The predicted octanol–water partition coefficient (Wildman–Crippen LogP) is -3.12. The van der Waals surface area contributed by atoms with Crippen molar-refractivity contribution < 1.29 is 25.9 Å². The van der Waals surface area contributed by atoms with Gasteiger partial charge < -0.3 is 25.9 Å². The first-order valence-corrected chi connectivity index (χ1v) is 12.9. The molecule has 1 heterocycles. The lowest BCUT2D eigenvalue weighted by Gasteiger charge is -2.17. The Bertz CT molecular complexity index is 226. The highest BCUT2D eigenvalue weighted by atomic mass is 28.4. The van der Waals surface area contributed by atoms with Crippen LogP contribution < -0.4 is 0 Å². The van der Waals surface area contributed by atoms with Crippen molar-refractivity contribution in [1.29, 1.82) is 0 Å². The molecule has 0 saturated carbocycles. The molecule has 0 aliphatic carbocycles. The molecule has 0 amide bonds. The van der Waals surface area contributed by atoms with Gasteiger partial charge in [0.05, 0.1) is 9.52 Å². The number of hydrogen-bond donors (Lipinski definition) is 0. The van der Waals surface area contributed by atoms with Crippen molar-refractivity contribution in [2.24, 2.45) is 0 Å². The number of rotatable bonds is 7. The van der Waals surface area contributed by atoms with E-state index in [0.29, 0.717) is 13.2 Å². The summed E-state index contributed by atoms with van der Waals surface area (Å²) < 4.78 is 33.1. The smallest absolute Gasteiger partial charge is 0.447 e. The summed E-state index contributed by atoms with van der Waals surface area (Å²) in [6, 6.07) is 1.01. The van der Waals surface area contributed by atoms with Gasteiger partial charge in [0.2, 0.25) is 0 Å². The third kappa shape index (κ3) is 7.75. The monoisotopic (exact) mass is 342 g/mol. The van der Waals surface area contributed by atoms with E-state index in [1.165, 1.54) is 0 Å². The Kier molecular flexibility index (Phi) is 10.3. The van der Waals surface area contributed by atoms with Crippen molar-refractivity contribution in [3.63, 3.8) is 0 Å². The molecule has 0 aromatic heterocycles. The van der Waals surface area contributed by atoms with Crippen molar-refractivity contribution in [1.82, 2.24) is 0 Å². The summed E-state index contributed by atoms with van der Waals surface area (Å²) in [6.45, 7) is 5.39. The molecule has 0 aromatic rings. The van der Waals surface area contributed by atoms with Crippen LogP contribution in [0.15, 0.2) is 0 Å². The van der Waals surface area contributed by atoms with Crippen LogP contribution >= 0.6 is 0 Å². The Balaban J connectivity index is 2.26. The van der Waals surface area contributed by atoms with Crippen LogP contribution in [0.1, 0.15) is 13.8 Å². The molecule has 0 atom stereocenters. The molecule has 1 saturated heterocycles. The van der Waals surface area contributed by atoms with Crippen LogP contribution in [0.3, 0.4) is 0 Å². The van der Waals surface area contributed by atoms with E-state index in [1.54, 1.807) is 0 Å². The lowest BCUT2D eigenvalue weighted by atomic mass is 10.8. The highest BCUT2D eigenvalue weighted by molar-refractivity contribution is 6.67. The normalized spacial score (nSPS) is 21.4. The number of ether oxygens (including phenoxy) is 2. The molecule has 1 fully saturated rings. The van der Waals surface area contributed by atoms with Gasteiger partial charge in [-0.05, 0) is 25.6 Å². The van der Waals surface area contributed by atoms with E-state index >= 15 is 0 Å². The standard InChI is InChI=1S/C7H22O6Si5/c1-3-8-7(9-4-2)14-5-6-18-12-16-10-15-11-17-13-18/h6-7H,3-5,14-17H2,1-2H3. The summed E-state index contributed by atoms with van der Waals surface area (Å²) in [5.41, 5.74) is 2.17. The van der Waals surface area contributed by atoms with E-state index in [1.807, 2.05) is 13.8 Å². The molecule has 0 bridgehead atoms. The summed E-state index contributed by atoms with van der Waals surface area (Å²) in [6.07, 6.45) is 0. The second-order valence-electron chi connectivity index (χ2n) is 3.49. The Morgan fingerprint density at radius 3 is 2.28 bits per heavy atom. The van der Waals surface area contributed by atoms with Crippen molar-refractivity contribution in [2.45, 2.75) is 25.8 Å². The molecular formula is C7H22O6Si5. The first-order valence-electron chi connectivity index (χ1n) is 6.21. The maximum Gasteiger partial charge on any atom is 0.447 e. The van der Waals surface area contributed by atoms with Crippen LogP contribution in [-0.2, 0) is 25.9 Å². The maximum absolute atomic E-state index is 5.66. The van der Waals surface area contributed by atoms with Gasteiger partial charge in [0.15, 0.2) is 0 Å². The average Bonchev–Trinajstić information content (AvgIpc) is 2.32. The molecule has 0 unspecified atom stereocenters. The predicted molar refractivity (Wildman–Crippen MR) is 82.2 cm³/mol. The SMILES string of the molecule is CCOC(OCC)[SiH2]CC=[Si]1O[SiH2]O[SiH2]O[SiH2]O1. The zero-order valence-corrected chi connectivity index (χ0v) is 17.7. The van der Waals surface area contributed by atoms with Crippen LogP contribution in [-0.4, -0.2) is 73.2 Å². The van der Waals surface area contributed by atoms with E-state index in [-0.39, 0.29) is 5.91 Å². The molecule has 1 aliphatic heterocycles. The zero-order chi connectivity index (χ0) is 13.1. The first-order chi connectivity index (χ1) is 8.86. The van der Waals surface area contributed by atoms with Gasteiger partial charge in [-0.2, -0.15) is 0 Å². The van der Waals surface area contributed by atoms with Gasteiger partial charge in [0, 0.05) is 13.2 Å². The van der Waals surface area contributed by atoms with Gasteiger partial charge in [-0.3, -0.25) is 0 Å². The summed E-state index contributed by atoms with van der Waals surface area (Å²) >= 11 is 0. The van der Waals surface area contributed by atoms with Gasteiger partial charge in [-0.25, -0.2) is 0 Å². The maximum atomic E-state index is 5.66. The van der Waals surface area contributed by atoms with Gasteiger partial charge in [0.1, 0.15) is 5.91 Å². The summed E-state index contributed by atoms with van der Waals surface area (Å²) in [4.78, 5) is 0. The third-order valence-corrected chi connectivity index (χ3v) is 10.8. The lowest BCUT2D eigenvalue weighted by Crippen LogP contribution is -2.30. The largest absolute Gasteiger partial charge is 0.564 e. The molecule has 0 N–H and O–H groups in total. The fourth-order valence-electron chi connectivity index (χ4n) is 1.41. The average molecular weight is 343 g/mol. The van der Waals surface area contributed by atoms with Crippen LogP contribution in [0.2, 0.25) is 6.04 Å². The van der Waals surface area contributed by atoms with Crippen LogP contribution in [0.25, 0.3) is 0 Å². The van der Waals surface area contributed by atoms with Crippen LogP contribution in [0.5, 0.6) is 0 Å². The van der Waals surface area contributed by atoms with E-state index < -0.39 is 48.4 Å². The fourth-order valence-corrected chi connectivity index (χ4v) is 11.3. The van der Waals surface area contributed by atoms with Crippen LogP contribution in [0.4, 0.5) is 0 Å². The van der Waals surface area contributed by atoms with E-state index in [2.05, 4.69) is 5.67 Å². The molecule has 6 nitrogen and oxygen atoms in total. The second kappa shape index (κ2) is 11.2. The first kappa shape index (κ1) is 16.4. The minimum Gasteiger partial charge on any atom is -0.564 e. The van der Waals surface area contributed by atoms with Crippen molar-refractivity contribution in [3.05, 3.63) is 0 Å². The molecule has 106 valence electrons. The quantitative estimate of drug-likeness (QED) is 0.360. The highest BCUT2D eigenvalue weighted by Gasteiger charge is 2.11. The summed E-state index contributed by atoms with van der Waals surface area (Å²) in [5.74, 6) is 0.0156. The second-order valence-corrected chi connectivity index (χ2v) is 12.6.